The van der Waals surface area contributed by atoms with Crippen molar-refractivity contribution in [2.75, 3.05) is 19.8 Å². The molecule has 2 N–H and O–H groups in total. The van der Waals surface area contributed by atoms with E-state index in [9.17, 15) is 4.79 Å². The van der Waals surface area contributed by atoms with Gasteiger partial charge in [-0.25, -0.2) is 0 Å². The highest BCUT2D eigenvalue weighted by Gasteiger charge is 2.33. The Balaban J connectivity index is 1.71. The fraction of sp³-hybridized carbons (Fsp3) is 0.385. The quantitative estimate of drug-likeness (QED) is 0.857. The SMILES string of the molecule is CC1(CNC(=O)c2ccc3cn[nH]c3c2)COC1. The third kappa shape index (κ3) is 1.97. The average Bonchev–Trinajstić information content (AvgIpc) is 2.80. The molecule has 5 nitrogen and oxygen atoms in total. The highest BCUT2D eigenvalue weighted by atomic mass is 16.5. The zero-order chi connectivity index (χ0) is 12.6. The van der Waals surface area contributed by atoms with E-state index < -0.39 is 0 Å². The molecule has 0 saturated carbocycles. The minimum atomic E-state index is -0.0559. The number of carbonyl (C=O) groups is 1. The Kier molecular flexibility index (Phi) is 2.56. The van der Waals surface area contributed by atoms with Crippen LogP contribution in [0.5, 0.6) is 0 Å². The monoisotopic (exact) mass is 245 g/mol. The van der Waals surface area contributed by atoms with Crippen LogP contribution in [-0.2, 0) is 4.74 Å². The number of aromatic nitrogens is 2. The number of carbonyl (C=O) groups excluding carboxylic acids is 1. The molecular formula is C13H15N3O2. The molecule has 0 spiro atoms. The van der Waals surface area contributed by atoms with Crippen molar-refractivity contribution >= 4 is 16.8 Å². The van der Waals surface area contributed by atoms with Gasteiger partial charge in [-0.05, 0) is 12.1 Å². The predicted octanol–water partition coefficient (Wildman–Crippen LogP) is 1.33. The van der Waals surface area contributed by atoms with Crippen LogP contribution < -0.4 is 5.32 Å². The summed E-state index contributed by atoms with van der Waals surface area (Å²) in [5.41, 5.74) is 1.62. The van der Waals surface area contributed by atoms with Gasteiger partial charge >= 0.3 is 0 Å². The number of nitrogens with zero attached hydrogens (tertiary/aromatic N) is 1. The standard InChI is InChI=1S/C13H15N3O2/c1-13(7-18-8-13)6-14-12(17)9-2-3-10-5-15-16-11(10)4-9/h2-5H,6-8H2,1H3,(H,14,17)(H,15,16). The zero-order valence-corrected chi connectivity index (χ0v) is 10.2. The molecule has 1 fully saturated rings. The molecule has 1 aromatic heterocycles. The van der Waals surface area contributed by atoms with Gasteiger partial charge in [0.25, 0.3) is 5.91 Å². The Morgan fingerprint density at radius 1 is 1.56 bits per heavy atom. The lowest BCUT2D eigenvalue weighted by Gasteiger charge is -2.38. The van der Waals surface area contributed by atoms with Crippen LogP contribution in [0.15, 0.2) is 24.4 Å². The Labute approximate surface area is 105 Å². The molecule has 1 saturated heterocycles. The minimum absolute atomic E-state index is 0.0559. The zero-order valence-electron chi connectivity index (χ0n) is 10.2. The maximum atomic E-state index is 12.0. The van der Waals surface area contributed by atoms with Crippen LogP contribution >= 0.6 is 0 Å². The van der Waals surface area contributed by atoms with Crippen LogP contribution in [0, 0.1) is 5.41 Å². The van der Waals surface area contributed by atoms with Gasteiger partial charge < -0.3 is 10.1 Å². The molecule has 1 aromatic carbocycles. The van der Waals surface area contributed by atoms with Gasteiger partial charge in [0.2, 0.25) is 0 Å². The summed E-state index contributed by atoms with van der Waals surface area (Å²) >= 11 is 0. The summed E-state index contributed by atoms with van der Waals surface area (Å²) in [5.74, 6) is -0.0559. The summed E-state index contributed by atoms with van der Waals surface area (Å²) in [7, 11) is 0. The number of ether oxygens (including phenoxy) is 1. The van der Waals surface area contributed by atoms with Crippen molar-refractivity contribution < 1.29 is 9.53 Å². The summed E-state index contributed by atoms with van der Waals surface area (Å²) in [4.78, 5) is 12.0. The van der Waals surface area contributed by atoms with Crippen molar-refractivity contribution in [3.63, 3.8) is 0 Å². The van der Waals surface area contributed by atoms with E-state index in [4.69, 9.17) is 4.74 Å². The Bertz CT molecular complexity index is 587. The summed E-state index contributed by atoms with van der Waals surface area (Å²) in [6, 6.07) is 5.52. The number of aromatic amines is 1. The highest BCUT2D eigenvalue weighted by Crippen LogP contribution is 2.25. The van der Waals surface area contributed by atoms with Crippen molar-refractivity contribution in [2.24, 2.45) is 5.41 Å². The van der Waals surface area contributed by atoms with Gasteiger partial charge in [-0.3, -0.25) is 9.89 Å². The first kappa shape index (κ1) is 11.2. The second kappa shape index (κ2) is 4.10. The Morgan fingerprint density at radius 3 is 3.11 bits per heavy atom. The molecular weight excluding hydrogens is 230 g/mol. The van der Waals surface area contributed by atoms with E-state index in [1.54, 1.807) is 6.20 Å². The first-order valence-corrected chi connectivity index (χ1v) is 5.95. The van der Waals surface area contributed by atoms with Gasteiger partial charge in [-0.1, -0.05) is 13.0 Å². The number of hydrogen-bond acceptors (Lipinski definition) is 3. The van der Waals surface area contributed by atoms with Crippen molar-refractivity contribution in [1.29, 1.82) is 0 Å². The lowest BCUT2D eigenvalue weighted by atomic mass is 9.88. The molecule has 2 heterocycles. The molecule has 0 radical (unpaired) electrons. The van der Waals surface area contributed by atoms with Crippen molar-refractivity contribution in [3.05, 3.63) is 30.0 Å². The fourth-order valence-electron chi connectivity index (χ4n) is 2.03. The lowest BCUT2D eigenvalue weighted by molar-refractivity contribution is -0.0978. The maximum Gasteiger partial charge on any atom is 0.251 e. The Morgan fingerprint density at radius 2 is 2.39 bits per heavy atom. The van der Waals surface area contributed by atoms with Crippen LogP contribution in [0.4, 0.5) is 0 Å². The number of hydrogen-bond donors (Lipinski definition) is 2. The number of amides is 1. The van der Waals surface area contributed by atoms with Crippen molar-refractivity contribution in [2.45, 2.75) is 6.92 Å². The second-order valence-corrected chi connectivity index (χ2v) is 5.16. The van der Waals surface area contributed by atoms with E-state index in [1.165, 1.54) is 0 Å². The van der Waals surface area contributed by atoms with E-state index in [0.29, 0.717) is 25.3 Å². The van der Waals surface area contributed by atoms with Crippen molar-refractivity contribution in [3.8, 4) is 0 Å². The minimum Gasteiger partial charge on any atom is -0.380 e. The third-order valence-corrected chi connectivity index (χ3v) is 3.28. The van der Waals surface area contributed by atoms with E-state index >= 15 is 0 Å². The molecule has 1 aliphatic rings. The number of fused-ring (bicyclic) bond motifs is 1. The average molecular weight is 245 g/mol. The molecule has 0 bridgehead atoms. The van der Waals surface area contributed by atoms with Crippen LogP contribution in [0.3, 0.4) is 0 Å². The first-order valence-electron chi connectivity index (χ1n) is 5.95. The lowest BCUT2D eigenvalue weighted by Crippen LogP contribution is -2.48. The first-order chi connectivity index (χ1) is 8.66. The number of H-pyrrole nitrogens is 1. The number of rotatable bonds is 3. The van der Waals surface area contributed by atoms with Gasteiger partial charge in [-0.15, -0.1) is 0 Å². The molecule has 94 valence electrons. The van der Waals surface area contributed by atoms with Gasteiger partial charge in [-0.2, -0.15) is 5.10 Å². The molecule has 0 aliphatic carbocycles. The second-order valence-electron chi connectivity index (χ2n) is 5.16. The van der Waals surface area contributed by atoms with Gasteiger partial charge in [0.05, 0.1) is 24.9 Å². The topological polar surface area (TPSA) is 67.0 Å². The Hall–Kier alpha value is -1.88. The largest absolute Gasteiger partial charge is 0.380 e. The summed E-state index contributed by atoms with van der Waals surface area (Å²) < 4.78 is 5.16. The maximum absolute atomic E-state index is 12.0. The molecule has 1 amide bonds. The van der Waals surface area contributed by atoms with Gasteiger partial charge in [0.1, 0.15) is 0 Å². The van der Waals surface area contributed by atoms with Crippen molar-refractivity contribution in [1.82, 2.24) is 15.5 Å². The number of nitrogens with one attached hydrogen (secondary N) is 2. The van der Waals surface area contributed by atoms with E-state index in [-0.39, 0.29) is 11.3 Å². The summed E-state index contributed by atoms with van der Waals surface area (Å²) in [5, 5.41) is 10.7. The molecule has 2 aromatic rings. The molecule has 0 atom stereocenters. The van der Waals surface area contributed by atoms with Gasteiger partial charge in [0.15, 0.2) is 0 Å². The highest BCUT2D eigenvalue weighted by molar-refractivity contribution is 5.97. The van der Waals surface area contributed by atoms with E-state index in [0.717, 1.165) is 10.9 Å². The molecule has 1 aliphatic heterocycles. The van der Waals surface area contributed by atoms with Gasteiger partial charge in [0, 0.05) is 22.9 Å². The predicted molar refractivity (Wildman–Crippen MR) is 67.4 cm³/mol. The van der Waals surface area contributed by atoms with Crippen LogP contribution in [0.25, 0.3) is 10.9 Å². The molecule has 0 unspecified atom stereocenters. The van der Waals surface area contributed by atoms with Crippen LogP contribution in [-0.4, -0.2) is 35.9 Å². The van der Waals surface area contributed by atoms with Crippen LogP contribution in [0.1, 0.15) is 17.3 Å². The smallest absolute Gasteiger partial charge is 0.251 e. The molecule has 5 heteroatoms. The summed E-state index contributed by atoms with van der Waals surface area (Å²) in [6.07, 6.45) is 1.74. The van der Waals surface area contributed by atoms with E-state index in [2.05, 4.69) is 22.4 Å². The normalized spacial score (nSPS) is 17.4. The van der Waals surface area contributed by atoms with Crippen LogP contribution in [0.2, 0.25) is 0 Å². The van der Waals surface area contributed by atoms with E-state index in [1.807, 2.05) is 18.2 Å². The summed E-state index contributed by atoms with van der Waals surface area (Å²) in [6.45, 7) is 4.18. The molecule has 3 rings (SSSR count). The third-order valence-electron chi connectivity index (χ3n) is 3.28. The number of benzene rings is 1. The molecule has 18 heavy (non-hydrogen) atoms. The fourth-order valence-corrected chi connectivity index (χ4v) is 2.03.